The number of aliphatic hydroxyl groups is 1. The number of aliphatic hydroxyl groups excluding tert-OH is 1. The summed E-state index contributed by atoms with van der Waals surface area (Å²) in [6.45, 7) is 1.69. The third kappa shape index (κ3) is 2.48. The fourth-order valence-corrected chi connectivity index (χ4v) is 2.24. The van der Waals surface area contributed by atoms with E-state index in [4.69, 9.17) is 4.74 Å². The molecule has 0 unspecified atom stereocenters. The molecule has 3 aromatic rings. The molecule has 5 heteroatoms. The number of rotatable bonds is 3. The van der Waals surface area contributed by atoms with E-state index in [1.807, 2.05) is 14.0 Å². The number of aryl methyl sites for hydroxylation is 2. The zero-order valence-corrected chi connectivity index (χ0v) is 11.8. The minimum atomic E-state index is -0.392. The monoisotopic (exact) mass is 286 g/mol. The second-order valence-electron chi connectivity index (χ2n) is 4.93. The summed E-state index contributed by atoms with van der Waals surface area (Å²) in [6.07, 6.45) is 0. The number of fused-ring (bicyclic) bond motifs is 1. The molecule has 2 aromatic carbocycles. The molecule has 4 nitrogen and oxygen atoms in total. The maximum absolute atomic E-state index is 13.8. The minimum Gasteiger partial charge on any atom is -0.454 e. The van der Waals surface area contributed by atoms with E-state index in [9.17, 15) is 9.50 Å². The molecule has 1 aromatic heterocycles. The number of aromatic nitrogens is 2. The topological polar surface area (TPSA) is 47.3 Å². The van der Waals surface area contributed by atoms with Gasteiger partial charge in [-0.3, -0.25) is 0 Å². The molecule has 1 N–H and O–H groups in total. The highest BCUT2D eigenvalue weighted by Crippen LogP contribution is 2.28. The number of ether oxygens (including phenoxy) is 1. The third-order valence-corrected chi connectivity index (χ3v) is 3.40. The van der Waals surface area contributed by atoms with Crippen molar-refractivity contribution in [2.75, 3.05) is 0 Å². The number of halogens is 1. The Hall–Kier alpha value is -2.40. The highest BCUT2D eigenvalue weighted by atomic mass is 19.1. The Morgan fingerprint density at radius 3 is 2.76 bits per heavy atom. The summed E-state index contributed by atoms with van der Waals surface area (Å²) in [4.78, 5) is 4.29. The summed E-state index contributed by atoms with van der Waals surface area (Å²) in [5.74, 6) is 0.891. The van der Waals surface area contributed by atoms with Gasteiger partial charge < -0.3 is 14.4 Å². The number of hydrogen-bond acceptors (Lipinski definition) is 3. The van der Waals surface area contributed by atoms with E-state index in [1.165, 1.54) is 6.07 Å². The third-order valence-electron chi connectivity index (χ3n) is 3.40. The lowest BCUT2D eigenvalue weighted by atomic mass is 10.2. The van der Waals surface area contributed by atoms with Gasteiger partial charge in [-0.15, -0.1) is 0 Å². The van der Waals surface area contributed by atoms with Gasteiger partial charge in [-0.05, 0) is 36.8 Å². The molecule has 0 saturated heterocycles. The number of imidazole rings is 1. The Kier molecular flexibility index (Phi) is 3.35. The quantitative estimate of drug-likeness (QED) is 0.803. The molecule has 0 radical (unpaired) electrons. The molecule has 0 aliphatic rings. The first kappa shape index (κ1) is 13.6. The van der Waals surface area contributed by atoms with Crippen molar-refractivity contribution in [3.05, 3.63) is 53.6 Å². The molecular formula is C16H15FN2O2. The largest absolute Gasteiger partial charge is 0.454 e. The van der Waals surface area contributed by atoms with Crippen LogP contribution in [0.4, 0.5) is 4.39 Å². The van der Waals surface area contributed by atoms with Gasteiger partial charge in [0.25, 0.3) is 0 Å². The van der Waals surface area contributed by atoms with Crippen LogP contribution in [0.15, 0.2) is 36.4 Å². The Morgan fingerprint density at radius 1 is 1.24 bits per heavy atom. The Labute approximate surface area is 121 Å². The van der Waals surface area contributed by atoms with E-state index in [1.54, 1.807) is 34.9 Å². The van der Waals surface area contributed by atoms with Crippen LogP contribution in [-0.4, -0.2) is 14.7 Å². The predicted molar refractivity (Wildman–Crippen MR) is 77.8 cm³/mol. The summed E-state index contributed by atoms with van der Waals surface area (Å²) < 4.78 is 21.2. The lowest BCUT2D eigenvalue weighted by Crippen LogP contribution is -1.96. The molecule has 0 amide bonds. The molecule has 0 aliphatic heterocycles. The molecule has 0 aliphatic carbocycles. The van der Waals surface area contributed by atoms with Gasteiger partial charge >= 0.3 is 0 Å². The average Bonchev–Trinajstić information content (AvgIpc) is 2.78. The van der Waals surface area contributed by atoms with Gasteiger partial charge in [0.2, 0.25) is 0 Å². The van der Waals surface area contributed by atoms with Crippen LogP contribution in [0.5, 0.6) is 11.5 Å². The molecule has 0 spiro atoms. The first-order valence-electron chi connectivity index (χ1n) is 6.58. The summed E-state index contributed by atoms with van der Waals surface area (Å²) in [5.41, 5.74) is 2.43. The van der Waals surface area contributed by atoms with Crippen LogP contribution in [0.1, 0.15) is 11.4 Å². The molecule has 108 valence electrons. The van der Waals surface area contributed by atoms with Crippen molar-refractivity contribution >= 4 is 11.0 Å². The first-order valence-corrected chi connectivity index (χ1v) is 6.58. The molecule has 0 fully saturated rings. The number of benzene rings is 2. The lowest BCUT2D eigenvalue weighted by molar-refractivity contribution is 0.268. The first-order chi connectivity index (χ1) is 10.1. The van der Waals surface area contributed by atoms with E-state index in [-0.39, 0.29) is 12.4 Å². The van der Waals surface area contributed by atoms with Gasteiger partial charge in [0.15, 0.2) is 11.6 Å². The predicted octanol–water partition coefficient (Wildman–Crippen LogP) is 3.31. The van der Waals surface area contributed by atoms with Crippen LogP contribution >= 0.6 is 0 Å². The fraction of sp³-hybridized carbons (Fsp3) is 0.188. The smallest absolute Gasteiger partial charge is 0.165 e. The Balaban J connectivity index is 1.99. The van der Waals surface area contributed by atoms with Crippen LogP contribution < -0.4 is 4.74 Å². The summed E-state index contributed by atoms with van der Waals surface area (Å²) in [6, 6.07) is 10.1. The zero-order chi connectivity index (χ0) is 15.0. The summed E-state index contributed by atoms with van der Waals surface area (Å²) >= 11 is 0. The second kappa shape index (κ2) is 5.18. The molecule has 0 bridgehead atoms. The minimum absolute atomic E-state index is 0.131. The Bertz CT molecular complexity index is 811. The summed E-state index contributed by atoms with van der Waals surface area (Å²) in [7, 11) is 1.82. The van der Waals surface area contributed by atoms with E-state index >= 15 is 0 Å². The summed E-state index contributed by atoms with van der Waals surface area (Å²) in [5, 5.41) is 9.22. The molecule has 21 heavy (non-hydrogen) atoms. The maximum atomic E-state index is 13.8. The van der Waals surface area contributed by atoms with Gasteiger partial charge in [0.05, 0.1) is 11.0 Å². The van der Waals surface area contributed by atoms with Gasteiger partial charge in [-0.2, -0.15) is 0 Å². The second-order valence-corrected chi connectivity index (χ2v) is 4.93. The van der Waals surface area contributed by atoms with Crippen molar-refractivity contribution in [1.82, 2.24) is 9.55 Å². The van der Waals surface area contributed by atoms with E-state index in [0.29, 0.717) is 11.6 Å². The van der Waals surface area contributed by atoms with E-state index < -0.39 is 5.82 Å². The number of nitrogens with zero attached hydrogens (tertiary/aromatic N) is 2. The van der Waals surface area contributed by atoms with Crippen molar-refractivity contribution in [2.24, 2.45) is 7.05 Å². The number of hydrogen-bond donors (Lipinski definition) is 1. The van der Waals surface area contributed by atoms with E-state index in [2.05, 4.69) is 4.98 Å². The van der Waals surface area contributed by atoms with Gasteiger partial charge in [-0.25, -0.2) is 9.37 Å². The van der Waals surface area contributed by atoms with Crippen LogP contribution in [0.25, 0.3) is 11.0 Å². The molecule has 0 saturated carbocycles. The standard InChI is InChI=1S/C16H15FN2O2/c1-10-3-6-15(12(17)7-10)21-11-4-5-13-14(8-11)19(2)16(9-20)18-13/h3-8,20H,9H2,1-2H3. The van der Waals surface area contributed by atoms with Crippen molar-refractivity contribution in [1.29, 1.82) is 0 Å². The molecule has 0 atom stereocenters. The SMILES string of the molecule is Cc1ccc(Oc2ccc3nc(CO)n(C)c3c2)c(F)c1. The Morgan fingerprint density at radius 2 is 2.05 bits per heavy atom. The maximum Gasteiger partial charge on any atom is 0.165 e. The zero-order valence-electron chi connectivity index (χ0n) is 11.8. The molecule has 1 heterocycles. The highest BCUT2D eigenvalue weighted by Gasteiger charge is 2.10. The fourth-order valence-electron chi connectivity index (χ4n) is 2.24. The molecule has 3 rings (SSSR count). The van der Waals surface area contributed by atoms with Crippen LogP contribution in [0.3, 0.4) is 0 Å². The van der Waals surface area contributed by atoms with Crippen molar-refractivity contribution in [2.45, 2.75) is 13.5 Å². The molecular weight excluding hydrogens is 271 g/mol. The van der Waals surface area contributed by atoms with Crippen molar-refractivity contribution in [3.8, 4) is 11.5 Å². The lowest BCUT2D eigenvalue weighted by Gasteiger charge is -2.08. The van der Waals surface area contributed by atoms with Crippen LogP contribution in [-0.2, 0) is 13.7 Å². The average molecular weight is 286 g/mol. The van der Waals surface area contributed by atoms with Crippen LogP contribution in [0, 0.1) is 12.7 Å². The van der Waals surface area contributed by atoms with Crippen LogP contribution in [0.2, 0.25) is 0 Å². The van der Waals surface area contributed by atoms with Gasteiger partial charge in [0, 0.05) is 13.1 Å². The normalized spacial score (nSPS) is 11.0. The van der Waals surface area contributed by atoms with Crippen molar-refractivity contribution < 1.29 is 14.2 Å². The highest BCUT2D eigenvalue weighted by molar-refractivity contribution is 5.77. The van der Waals surface area contributed by atoms with E-state index in [0.717, 1.165) is 16.6 Å². The van der Waals surface area contributed by atoms with Gasteiger partial charge in [0.1, 0.15) is 18.2 Å². The van der Waals surface area contributed by atoms with Crippen molar-refractivity contribution in [3.63, 3.8) is 0 Å². The van der Waals surface area contributed by atoms with Gasteiger partial charge in [-0.1, -0.05) is 6.07 Å².